The van der Waals surface area contributed by atoms with Crippen molar-refractivity contribution in [1.82, 2.24) is 4.90 Å². The monoisotopic (exact) mass is 317 g/mol. The maximum absolute atomic E-state index is 6.25. The lowest BCUT2D eigenvalue weighted by Crippen LogP contribution is -2.41. The van der Waals surface area contributed by atoms with E-state index < -0.39 is 0 Å². The molecule has 0 amide bonds. The molecule has 0 aromatic heterocycles. The largest absolute Gasteiger partial charge is 0.495 e. The summed E-state index contributed by atoms with van der Waals surface area (Å²) in [6.07, 6.45) is 2.36. The highest BCUT2D eigenvalue weighted by Crippen LogP contribution is 2.36. The summed E-state index contributed by atoms with van der Waals surface area (Å²) in [6.45, 7) is 16.1. The van der Waals surface area contributed by atoms with E-state index in [4.69, 9.17) is 9.31 Å². The minimum absolute atomic E-state index is 0.277. The average Bonchev–Trinajstić information content (AvgIpc) is 2.68. The van der Waals surface area contributed by atoms with Crippen LogP contribution in [0.2, 0.25) is 0 Å². The van der Waals surface area contributed by atoms with Crippen molar-refractivity contribution in [3.05, 3.63) is 29.8 Å². The zero-order valence-corrected chi connectivity index (χ0v) is 15.7. The third-order valence-electron chi connectivity index (χ3n) is 5.04. The Morgan fingerprint density at radius 2 is 1.43 bits per heavy atom. The van der Waals surface area contributed by atoms with Crippen LogP contribution >= 0.6 is 0 Å². The molecule has 0 spiro atoms. The van der Waals surface area contributed by atoms with Gasteiger partial charge in [0.15, 0.2) is 0 Å². The Morgan fingerprint density at radius 3 is 1.96 bits per heavy atom. The first kappa shape index (κ1) is 18.5. The van der Waals surface area contributed by atoms with Gasteiger partial charge in [-0.15, -0.1) is 0 Å². The molecule has 0 aliphatic carbocycles. The van der Waals surface area contributed by atoms with Gasteiger partial charge in [0, 0.05) is 6.54 Å². The van der Waals surface area contributed by atoms with Gasteiger partial charge < -0.3 is 9.31 Å². The molecule has 1 aromatic rings. The summed E-state index contributed by atoms with van der Waals surface area (Å²) < 4.78 is 12.5. The normalized spacial score (nSPS) is 19.5. The topological polar surface area (TPSA) is 21.7 Å². The standard InChI is InChI=1S/C19H32BNO2/c1-7-13-21(14-8-2)15-16-11-9-10-12-17(16)20-22-18(3,4)19(5,6)23-20/h9-12H,7-8,13-15H2,1-6H3. The van der Waals surface area contributed by atoms with Crippen molar-refractivity contribution in [3.8, 4) is 0 Å². The Hall–Kier alpha value is -0.835. The predicted octanol–water partition coefficient (Wildman–Crippen LogP) is 3.61. The van der Waals surface area contributed by atoms with Gasteiger partial charge >= 0.3 is 7.12 Å². The highest BCUT2D eigenvalue weighted by atomic mass is 16.7. The molecule has 0 bridgehead atoms. The molecule has 0 unspecified atom stereocenters. The minimum atomic E-state index is -0.294. The molecule has 1 fully saturated rings. The molecule has 1 saturated heterocycles. The molecule has 128 valence electrons. The first-order chi connectivity index (χ1) is 10.8. The van der Waals surface area contributed by atoms with E-state index >= 15 is 0 Å². The lowest BCUT2D eigenvalue weighted by Gasteiger charge is -2.32. The van der Waals surface area contributed by atoms with Crippen LogP contribution in [-0.4, -0.2) is 36.3 Å². The molecule has 1 aromatic carbocycles. The van der Waals surface area contributed by atoms with Crippen LogP contribution in [0.4, 0.5) is 0 Å². The van der Waals surface area contributed by atoms with Crippen molar-refractivity contribution in [1.29, 1.82) is 0 Å². The van der Waals surface area contributed by atoms with Crippen molar-refractivity contribution in [2.24, 2.45) is 0 Å². The molecule has 4 heteroatoms. The summed E-state index contributed by atoms with van der Waals surface area (Å²) in [7, 11) is -0.277. The fourth-order valence-corrected chi connectivity index (χ4v) is 3.02. The number of benzene rings is 1. The van der Waals surface area contributed by atoms with Crippen molar-refractivity contribution in [2.45, 2.75) is 72.1 Å². The highest BCUT2D eigenvalue weighted by Gasteiger charge is 2.52. The van der Waals surface area contributed by atoms with Crippen LogP contribution in [0.5, 0.6) is 0 Å². The van der Waals surface area contributed by atoms with Gasteiger partial charge in [-0.3, -0.25) is 4.90 Å². The number of hydrogen-bond donors (Lipinski definition) is 0. The van der Waals surface area contributed by atoms with E-state index in [1.807, 2.05) is 0 Å². The summed E-state index contributed by atoms with van der Waals surface area (Å²) in [5.41, 5.74) is 1.89. The van der Waals surface area contributed by atoms with Gasteiger partial charge in [0.2, 0.25) is 0 Å². The summed E-state index contributed by atoms with van der Waals surface area (Å²) in [6, 6.07) is 8.54. The van der Waals surface area contributed by atoms with Gasteiger partial charge in [-0.2, -0.15) is 0 Å². The Balaban J connectivity index is 2.21. The van der Waals surface area contributed by atoms with Crippen molar-refractivity contribution in [3.63, 3.8) is 0 Å². The van der Waals surface area contributed by atoms with Crippen LogP contribution in [0.25, 0.3) is 0 Å². The molecule has 0 N–H and O–H groups in total. The Labute approximate surface area is 142 Å². The molecule has 1 aliphatic heterocycles. The lowest BCUT2D eigenvalue weighted by molar-refractivity contribution is 0.00578. The highest BCUT2D eigenvalue weighted by molar-refractivity contribution is 6.62. The smallest absolute Gasteiger partial charge is 0.399 e. The second-order valence-electron chi connectivity index (χ2n) is 7.56. The van der Waals surface area contributed by atoms with E-state index in [2.05, 4.69) is 70.7 Å². The zero-order chi connectivity index (χ0) is 17.1. The maximum Gasteiger partial charge on any atom is 0.495 e. The molecular weight excluding hydrogens is 285 g/mol. The van der Waals surface area contributed by atoms with E-state index in [-0.39, 0.29) is 18.3 Å². The lowest BCUT2D eigenvalue weighted by atomic mass is 9.76. The number of hydrogen-bond acceptors (Lipinski definition) is 3. The first-order valence-electron chi connectivity index (χ1n) is 8.96. The summed E-state index contributed by atoms with van der Waals surface area (Å²) in [5.74, 6) is 0. The molecule has 0 radical (unpaired) electrons. The van der Waals surface area contributed by atoms with Gasteiger partial charge in [0.25, 0.3) is 0 Å². The Bertz CT molecular complexity index is 494. The molecule has 0 saturated carbocycles. The minimum Gasteiger partial charge on any atom is -0.399 e. The Kier molecular flexibility index (Phi) is 5.93. The van der Waals surface area contributed by atoms with Crippen LogP contribution in [0.1, 0.15) is 59.9 Å². The molecule has 23 heavy (non-hydrogen) atoms. The van der Waals surface area contributed by atoms with Crippen molar-refractivity contribution >= 4 is 12.6 Å². The van der Waals surface area contributed by atoms with Crippen LogP contribution in [0, 0.1) is 0 Å². The average molecular weight is 317 g/mol. The van der Waals surface area contributed by atoms with Gasteiger partial charge in [0.1, 0.15) is 0 Å². The fourth-order valence-electron chi connectivity index (χ4n) is 3.02. The molecule has 1 aliphatic rings. The number of nitrogens with zero attached hydrogens (tertiary/aromatic N) is 1. The SMILES string of the molecule is CCCN(CCC)Cc1ccccc1B1OC(C)(C)C(C)(C)O1. The predicted molar refractivity (Wildman–Crippen MR) is 98.0 cm³/mol. The molecule has 3 nitrogen and oxygen atoms in total. The van der Waals surface area contributed by atoms with Gasteiger partial charge in [-0.25, -0.2) is 0 Å². The molecule has 0 atom stereocenters. The summed E-state index contributed by atoms with van der Waals surface area (Å²) >= 11 is 0. The van der Waals surface area contributed by atoms with Crippen LogP contribution in [-0.2, 0) is 15.9 Å². The van der Waals surface area contributed by atoms with E-state index in [1.165, 1.54) is 23.9 Å². The van der Waals surface area contributed by atoms with Crippen molar-refractivity contribution < 1.29 is 9.31 Å². The third kappa shape index (κ3) is 4.17. The second-order valence-corrected chi connectivity index (χ2v) is 7.56. The molecular formula is C19H32BNO2. The van der Waals surface area contributed by atoms with E-state index in [0.29, 0.717) is 0 Å². The van der Waals surface area contributed by atoms with E-state index in [0.717, 1.165) is 19.6 Å². The van der Waals surface area contributed by atoms with E-state index in [9.17, 15) is 0 Å². The fraction of sp³-hybridized carbons (Fsp3) is 0.684. The van der Waals surface area contributed by atoms with Crippen LogP contribution < -0.4 is 5.46 Å². The quantitative estimate of drug-likeness (QED) is 0.717. The molecule has 2 rings (SSSR count). The Morgan fingerprint density at radius 1 is 0.913 bits per heavy atom. The number of rotatable bonds is 7. The van der Waals surface area contributed by atoms with Gasteiger partial charge in [0.05, 0.1) is 11.2 Å². The summed E-state index contributed by atoms with van der Waals surface area (Å²) in [5, 5.41) is 0. The van der Waals surface area contributed by atoms with Crippen molar-refractivity contribution in [2.75, 3.05) is 13.1 Å². The third-order valence-corrected chi connectivity index (χ3v) is 5.04. The molecule has 1 heterocycles. The van der Waals surface area contributed by atoms with E-state index in [1.54, 1.807) is 0 Å². The van der Waals surface area contributed by atoms with Crippen LogP contribution in [0.15, 0.2) is 24.3 Å². The zero-order valence-electron chi connectivity index (χ0n) is 15.7. The first-order valence-corrected chi connectivity index (χ1v) is 8.96. The summed E-state index contributed by atoms with van der Waals surface area (Å²) in [4.78, 5) is 2.52. The van der Waals surface area contributed by atoms with Gasteiger partial charge in [-0.1, -0.05) is 38.1 Å². The van der Waals surface area contributed by atoms with Crippen LogP contribution in [0.3, 0.4) is 0 Å². The maximum atomic E-state index is 6.25. The second kappa shape index (κ2) is 7.37. The van der Waals surface area contributed by atoms with Gasteiger partial charge in [-0.05, 0) is 64.7 Å².